The summed E-state index contributed by atoms with van der Waals surface area (Å²) in [6.45, 7) is 10.9. The molecular weight excluding hydrogens is 250 g/mol. The number of nitrogen functional groups attached to an aromatic ring is 1. The Morgan fingerprint density at radius 2 is 2.05 bits per heavy atom. The fourth-order valence-corrected chi connectivity index (χ4v) is 2.12. The number of carbonyl (C=O) groups excluding carboxylic acids is 1. The molecule has 4 nitrogen and oxygen atoms in total. The van der Waals surface area contributed by atoms with Crippen LogP contribution in [0.2, 0.25) is 0 Å². The first-order valence-electron chi connectivity index (χ1n) is 7.46. The van der Waals surface area contributed by atoms with Gasteiger partial charge in [-0.05, 0) is 38.0 Å². The molecule has 0 radical (unpaired) electrons. The first-order chi connectivity index (χ1) is 9.53. The highest BCUT2D eigenvalue weighted by molar-refractivity contribution is 5.96. The van der Waals surface area contributed by atoms with E-state index in [2.05, 4.69) is 31.0 Å². The summed E-state index contributed by atoms with van der Waals surface area (Å²) in [7, 11) is 0. The lowest BCUT2D eigenvalue weighted by Crippen LogP contribution is -2.29. The molecular formula is C16H27N3O. The molecule has 1 unspecified atom stereocenters. The molecule has 0 heterocycles. The number of hydrogen-bond acceptors (Lipinski definition) is 3. The number of anilines is 2. The highest BCUT2D eigenvalue weighted by atomic mass is 16.1. The summed E-state index contributed by atoms with van der Waals surface area (Å²) >= 11 is 0. The Bertz CT molecular complexity index is 445. The summed E-state index contributed by atoms with van der Waals surface area (Å²) in [6, 6.07) is 5.49. The number of carbonyl (C=O) groups is 1. The van der Waals surface area contributed by atoms with Gasteiger partial charge in [0.05, 0.1) is 11.4 Å². The van der Waals surface area contributed by atoms with E-state index in [-0.39, 0.29) is 5.91 Å². The van der Waals surface area contributed by atoms with Crippen molar-refractivity contribution in [3.63, 3.8) is 0 Å². The van der Waals surface area contributed by atoms with Crippen LogP contribution < -0.4 is 16.0 Å². The summed E-state index contributed by atoms with van der Waals surface area (Å²) in [4.78, 5) is 14.2. The van der Waals surface area contributed by atoms with Crippen LogP contribution in [-0.4, -0.2) is 25.5 Å². The van der Waals surface area contributed by atoms with Crippen LogP contribution in [0.25, 0.3) is 0 Å². The first-order valence-corrected chi connectivity index (χ1v) is 7.46. The van der Waals surface area contributed by atoms with Crippen molar-refractivity contribution in [3.8, 4) is 0 Å². The smallest absolute Gasteiger partial charge is 0.251 e. The average Bonchev–Trinajstić information content (AvgIpc) is 2.45. The van der Waals surface area contributed by atoms with Gasteiger partial charge in [-0.25, -0.2) is 0 Å². The van der Waals surface area contributed by atoms with E-state index in [9.17, 15) is 4.79 Å². The van der Waals surface area contributed by atoms with E-state index >= 15 is 0 Å². The quantitative estimate of drug-likeness (QED) is 0.753. The summed E-state index contributed by atoms with van der Waals surface area (Å²) in [5.41, 5.74) is 8.43. The SMILES string of the molecule is CCNC(=O)c1ccc(N)c(N(CC)CC(C)CC)c1. The second kappa shape index (κ2) is 7.78. The number of nitrogens with zero attached hydrogens (tertiary/aromatic N) is 1. The van der Waals surface area contributed by atoms with Crippen LogP contribution in [0.4, 0.5) is 11.4 Å². The zero-order valence-electron chi connectivity index (χ0n) is 13.1. The van der Waals surface area contributed by atoms with Gasteiger partial charge in [-0.3, -0.25) is 4.79 Å². The third-order valence-electron chi connectivity index (χ3n) is 3.58. The van der Waals surface area contributed by atoms with Gasteiger partial charge >= 0.3 is 0 Å². The second-order valence-corrected chi connectivity index (χ2v) is 5.19. The Morgan fingerprint density at radius 1 is 1.35 bits per heavy atom. The zero-order chi connectivity index (χ0) is 15.1. The summed E-state index contributed by atoms with van der Waals surface area (Å²) in [5.74, 6) is 0.552. The summed E-state index contributed by atoms with van der Waals surface area (Å²) in [6.07, 6.45) is 1.13. The van der Waals surface area contributed by atoms with E-state index in [0.717, 1.165) is 30.9 Å². The standard InChI is InChI=1S/C16H27N3O/c1-5-12(4)11-19(7-3)15-10-13(8-9-14(15)17)16(20)18-6-2/h8-10,12H,5-7,11,17H2,1-4H3,(H,18,20). The van der Waals surface area contributed by atoms with E-state index < -0.39 is 0 Å². The zero-order valence-corrected chi connectivity index (χ0v) is 13.1. The van der Waals surface area contributed by atoms with Gasteiger partial charge in [0, 0.05) is 25.2 Å². The third-order valence-corrected chi connectivity index (χ3v) is 3.58. The van der Waals surface area contributed by atoms with Gasteiger partial charge in [0.25, 0.3) is 5.91 Å². The Kier molecular flexibility index (Phi) is 6.36. The Hall–Kier alpha value is -1.71. The fraction of sp³-hybridized carbons (Fsp3) is 0.562. The van der Waals surface area contributed by atoms with E-state index in [1.165, 1.54) is 0 Å². The van der Waals surface area contributed by atoms with Crippen molar-refractivity contribution in [1.29, 1.82) is 0 Å². The van der Waals surface area contributed by atoms with Gasteiger partial charge in [-0.1, -0.05) is 20.3 Å². The minimum absolute atomic E-state index is 0.0478. The summed E-state index contributed by atoms with van der Waals surface area (Å²) in [5, 5.41) is 2.82. The van der Waals surface area contributed by atoms with Crippen molar-refractivity contribution < 1.29 is 4.79 Å². The highest BCUT2D eigenvalue weighted by Gasteiger charge is 2.14. The largest absolute Gasteiger partial charge is 0.397 e. The number of hydrogen-bond donors (Lipinski definition) is 2. The van der Waals surface area contributed by atoms with Crippen molar-refractivity contribution in [3.05, 3.63) is 23.8 Å². The minimum Gasteiger partial charge on any atom is -0.397 e. The van der Waals surface area contributed by atoms with Crippen molar-refractivity contribution in [2.24, 2.45) is 5.92 Å². The maximum Gasteiger partial charge on any atom is 0.251 e. The molecule has 112 valence electrons. The van der Waals surface area contributed by atoms with E-state index in [4.69, 9.17) is 5.73 Å². The highest BCUT2D eigenvalue weighted by Crippen LogP contribution is 2.25. The van der Waals surface area contributed by atoms with Crippen LogP contribution in [0.1, 0.15) is 44.5 Å². The third kappa shape index (κ3) is 4.15. The van der Waals surface area contributed by atoms with Crippen LogP contribution in [0.15, 0.2) is 18.2 Å². The molecule has 0 bridgehead atoms. The average molecular weight is 277 g/mol. The molecule has 0 aliphatic rings. The number of nitrogens with two attached hydrogens (primary N) is 1. The molecule has 0 fully saturated rings. The number of rotatable bonds is 7. The molecule has 1 atom stereocenters. The first kappa shape index (κ1) is 16.3. The molecule has 1 amide bonds. The van der Waals surface area contributed by atoms with Crippen molar-refractivity contribution in [1.82, 2.24) is 5.32 Å². The molecule has 1 aromatic rings. The van der Waals surface area contributed by atoms with Gasteiger partial charge in [-0.15, -0.1) is 0 Å². The normalized spacial score (nSPS) is 12.0. The van der Waals surface area contributed by atoms with Crippen LogP contribution >= 0.6 is 0 Å². The molecule has 4 heteroatoms. The van der Waals surface area contributed by atoms with Crippen molar-refractivity contribution in [2.75, 3.05) is 30.3 Å². The van der Waals surface area contributed by atoms with Gasteiger partial charge in [0.15, 0.2) is 0 Å². The Balaban J connectivity index is 3.02. The monoisotopic (exact) mass is 277 g/mol. The second-order valence-electron chi connectivity index (χ2n) is 5.19. The molecule has 0 aliphatic heterocycles. The molecule has 20 heavy (non-hydrogen) atoms. The van der Waals surface area contributed by atoms with Crippen LogP contribution in [0, 0.1) is 5.92 Å². The Labute approximate surface area is 122 Å². The maximum absolute atomic E-state index is 11.9. The minimum atomic E-state index is -0.0478. The van der Waals surface area contributed by atoms with Gasteiger partial charge in [-0.2, -0.15) is 0 Å². The van der Waals surface area contributed by atoms with Crippen LogP contribution in [0.3, 0.4) is 0 Å². The Morgan fingerprint density at radius 3 is 2.60 bits per heavy atom. The lowest BCUT2D eigenvalue weighted by molar-refractivity contribution is 0.0956. The van der Waals surface area contributed by atoms with Crippen molar-refractivity contribution >= 4 is 17.3 Å². The molecule has 0 spiro atoms. The van der Waals surface area contributed by atoms with Crippen LogP contribution in [0.5, 0.6) is 0 Å². The lowest BCUT2D eigenvalue weighted by atomic mass is 10.1. The van der Waals surface area contributed by atoms with Crippen LogP contribution in [-0.2, 0) is 0 Å². The number of nitrogens with one attached hydrogen (secondary N) is 1. The topological polar surface area (TPSA) is 58.4 Å². The maximum atomic E-state index is 11.9. The van der Waals surface area contributed by atoms with Gasteiger partial charge in [0.2, 0.25) is 0 Å². The fourth-order valence-electron chi connectivity index (χ4n) is 2.12. The predicted octanol–water partition coefficient (Wildman–Crippen LogP) is 2.89. The molecule has 0 saturated carbocycles. The predicted molar refractivity (Wildman–Crippen MR) is 86.2 cm³/mol. The molecule has 3 N–H and O–H groups in total. The molecule has 0 saturated heterocycles. The van der Waals surface area contributed by atoms with Crippen molar-refractivity contribution in [2.45, 2.75) is 34.1 Å². The van der Waals surface area contributed by atoms with E-state index in [1.807, 2.05) is 19.1 Å². The molecule has 0 aliphatic carbocycles. The summed E-state index contributed by atoms with van der Waals surface area (Å²) < 4.78 is 0. The number of benzene rings is 1. The molecule has 1 rings (SSSR count). The molecule has 1 aromatic carbocycles. The van der Waals surface area contributed by atoms with Gasteiger partial charge < -0.3 is 16.0 Å². The lowest BCUT2D eigenvalue weighted by Gasteiger charge is -2.27. The molecule has 0 aromatic heterocycles. The van der Waals surface area contributed by atoms with E-state index in [0.29, 0.717) is 18.0 Å². The number of amides is 1. The van der Waals surface area contributed by atoms with Gasteiger partial charge in [0.1, 0.15) is 0 Å². The van der Waals surface area contributed by atoms with E-state index in [1.54, 1.807) is 6.07 Å².